The van der Waals surface area contributed by atoms with E-state index in [0.717, 1.165) is 33.2 Å². The number of halogens is 1. The second-order valence-corrected chi connectivity index (χ2v) is 10.1. The number of carbonyl (C=O) groups is 1. The number of aromatic nitrogens is 1. The van der Waals surface area contributed by atoms with E-state index in [0.29, 0.717) is 59.7 Å². The maximum Gasteiger partial charge on any atom is 0.224 e. The van der Waals surface area contributed by atoms with E-state index in [1.807, 2.05) is 43.3 Å². The topological polar surface area (TPSA) is 108 Å². The van der Waals surface area contributed by atoms with Crippen molar-refractivity contribution in [3.8, 4) is 23.0 Å². The summed E-state index contributed by atoms with van der Waals surface area (Å²) in [5.74, 6) is 3.18. The summed E-state index contributed by atoms with van der Waals surface area (Å²) in [6, 6.07) is 11.4. The zero-order valence-corrected chi connectivity index (χ0v) is 25.5. The second-order valence-electron chi connectivity index (χ2n) is 8.99. The molecule has 0 fully saturated rings. The summed E-state index contributed by atoms with van der Waals surface area (Å²) in [5.41, 5.74) is 10.2. The van der Waals surface area contributed by atoms with Crippen LogP contribution in [-0.2, 0) is 17.9 Å². The van der Waals surface area contributed by atoms with Crippen molar-refractivity contribution in [1.82, 2.24) is 4.98 Å². The molecule has 3 rings (SSSR count). The molecule has 0 radical (unpaired) electrons. The molecule has 9 nitrogen and oxygen atoms in total. The molecule has 0 bridgehead atoms. The molecule has 0 spiro atoms. The van der Waals surface area contributed by atoms with Gasteiger partial charge < -0.3 is 34.9 Å². The molecule has 39 heavy (non-hydrogen) atoms. The van der Waals surface area contributed by atoms with E-state index >= 15 is 0 Å². The minimum atomic E-state index is -0.102. The van der Waals surface area contributed by atoms with E-state index in [9.17, 15) is 4.79 Å². The van der Waals surface area contributed by atoms with E-state index in [1.54, 1.807) is 28.4 Å². The summed E-state index contributed by atoms with van der Waals surface area (Å²) in [6.45, 7) is 4.78. The van der Waals surface area contributed by atoms with Gasteiger partial charge in [0.25, 0.3) is 0 Å². The first kappa shape index (κ1) is 30.1. The number of hydrogen-bond donors (Lipinski definition) is 2. The van der Waals surface area contributed by atoms with Gasteiger partial charge in [-0.3, -0.25) is 4.79 Å². The molecule has 3 N–H and O–H groups in total. The monoisotopic (exact) mass is 648 g/mol. The van der Waals surface area contributed by atoms with Crippen LogP contribution < -0.4 is 34.9 Å². The van der Waals surface area contributed by atoms with Crippen LogP contribution in [0.5, 0.6) is 23.0 Å². The number of pyridine rings is 1. The Bertz CT molecular complexity index is 1240. The van der Waals surface area contributed by atoms with Gasteiger partial charge in [0.2, 0.25) is 5.91 Å². The van der Waals surface area contributed by atoms with Gasteiger partial charge in [-0.2, -0.15) is 0 Å². The quantitative estimate of drug-likeness (QED) is 0.219. The van der Waals surface area contributed by atoms with Gasteiger partial charge in [0.15, 0.2) is 5.82 Å². The van der Waals surface area contributed by atoms with Crippen molar-refractivity contribution in [2.24, 2.45) is 0 Å². The zero-order chi connectivity index (χ0) is 28.5. The van der Waals surface area contributed by atoms with Gasteiger partial charge in [0.05, 0.1) is 43.4 Å². The fraction of sp³-hybridized carbons (Fsp3) is 0.379. The Labute approximate surface area is 244 Å². The van der Waals surface area contributed by atoms with Gasteiger partial charge in [-0.25, -0.2) is 4.98 Å². The molecule has 1 heterocycles. The number of benzene rings is 2. The van der Waals surface area contributed by atoms with Crippen LogP contribution in [0.4, 0.5) is 17.2 Å². The molecular formula is C29H37IN4O5. The minimum Gasteiger partial charge on any atom is -0.497 e. The molecule has 10 heteroatoms. The fourth-order valence-electron chi connectivity index (χ4n) is 4.16. The molecular weight excluding hydrogens is 611 g/mol. The lowest BCUT2D eigenvalue weighted by Gasteiger charge is -2.29. The molecule has 1 amide bonds. The van der Waals surface area contributed by atoms with Crippen molar-refractivity contribution in [3.05, 3.63) is 56.8 Å². The number of rotatable bonds is 13. The predicted octanol–water partition coefficient (Wildman–Crippen LogP) is 5.95. The Balaban J connectivity index is 2.17. The van der Waals surface area contributed by atoms with Crippen LogP contribution in [0.25, 0.3) is 0 Å². The van der Waals surface area contributed by atoms with Crippen LogP contribution in [0.15, 0.2) is 36.4 Å². The Morgan fingerprint density at radius 2 is 1.49 bits per heavy atom. The number of methoxy groups -OCH3 is 4. The largest absolute Gasteiger partial charge is 0.497 e. The molecule has 210 valence electrons. The number of anilines is 3. The first-order chi connectivity index (χ1) is 18.8. The summed E-state index contributed by atoms with van der Waals surface area (Å²) < 4.78 is 23.0. The molecule has 2 aromatic carbocycles. The van der Waals surface area contributed by atoms with E-state index in [-0.39, 0.29) is 5.91 Å². The van der Waals surface area contributed by atoms with Gasteiger partial charge in [-0.1, -0.05) is 13.3 Å². The Hall–Kier alpha value is -3.41. The first-order valence-electron chi connectivity index (χ1n) is 12.7. The zero-order valence-electron chi connectivity index (χ0n) is 23.4. The molecule has 0 aliphatic rings. The third-order valence-corrected chi connectivity index (χ3v) is 7.71. The van der Waals surface area contributed by atoms with E-state index < -0.39 is 0 Å². The van der Waals surface area contributed by atoms with Gasteiger partial charge >= 0.3 is 0 Å². The Morgan fingerprint density at radius 1 is 0.949 bits per heavy atom. The average molecular weight is 649 g/mol. The molecule has 0 saturated carbocycles. The van der Waals surface area contributed by atoms with Crippen LogP contribution in [0, 0.1) is 10.5 Å². The van der Waals surface area contributed by atoms with Crippen molar-refractivity contribution in [2.75, 3.05) is 44.4 Å². The third kappa shape index (κ3) is 7.37. The highest BCUT2D eigenvalue weighted by Crippen LogP contribution is 2.38. The van der Waals surface area contributed by atoms with Gasteiger partial charge in [0, 0.05) is 42.8 Å². The van der Waals surface area contributed by atoms with E-state index in [2.05, 4.69) is 39.7 Å². The Kier molecular flexibility index (Phi) is 10.9. The molecule has 1 aromatic heterocycles. The standard InChI is InChI=1S/C29H37IN4O5/c1-7-8-9-25(35)33-28-27(31)26(30)18(2)32-29(28)34(16-19-10-12-21(36-3)14-23(19)38-5)17-20-11-13-22(37-4)15-24(20)39-6/h10-15H,7-9,16-17H2,1-6H3,(H2,31,32)(H,33,35). The number of hydrogen-bond acceptors (Lipinski definition) is 8. The fourth-order valence-corrected chi connectivity index (χ4v) is 4.55. The van der Waals surface area contributed by atoms with Gasteiger partial charge in [-0.05, 0) is 60.2 Å². The smallest absolute Gasteiger partial charge is 0.224 e. The van der Waals surface area contributed by atoms with Crippen LogP contribution in [-0.4, -0.2) is 39.3 Å². The number of carbonyl (C=O) groups excluding carboxylic acids is 1. The summed E-state index contributed by atoms with van der Waals surface area (Å²) in [5, 5.41) is 3.05. The highest BCUT2D eigenvalue weighted by molar-refractivity contribution is 14.1. The van der Waals surface area contributed by atoms with Gasteiger partial charge in [-0.15, -0.1) is 0 Å². The number of unbranched alkanes of at least 4 members (excludes halogenated alkanes) is 1. The highest BCUT2D eigenvalue weighted by atomic mass is 127. The molecule has 0 unspecified atom stereocenters. The van der Waals surface area contributed by atoms with Crippen molar-refractivity contribution < 1.29 is 23.7 Å². The summed E-state index contributed by atoms with van der Waals surface area (Å²) in [6.07, 6.45) is 2.10. The second kappa shape index (κ2) is 14.1. The minimum absolute atomic E-state index is 0.102. The predicted molar refractivity (Wildman–Crippen MR) is 163 cm³/mol. The van der Waals surface area contributed by atoms with Crippen LogP contribution in [0.1, 0.15) is 43.0 Å². The van der Waals surface area contributed by atoms with E-state index in [1.165, 1.54) is 0 Å². The lowest BCUT2D eigenvalue weighted by molar-refractivity contribution is -0.116. The summed E-state index contributed by atoms with van der Waals surface area (Å²) >= 11 is 2.17. The number of ether oxygens (including phenoxy) is 4. The van der Waals surface area contributed by atoms with Crippen LogP contribution >= 0.6 is 22.6 Å². The van der Waals surface area contributed by atoms with E-state index in [4.69, 9.17) is 29.7 Å². The number of nitrogens with zero attached hydrogens (tertiary/aromatic N) is 2. The number of aryl methyl sites for hydroxylation is 1. The van der Waals surface area contributed by atoms with Crippen LogP contribution in [0.2, 0.25) is 0 Å². The van der Waals surface area contributed by atoms with Crippen molar-refractivity contribution in [2.45, 2.75) is 46.2 Å². The molecule has 0 aliphatic carbocycles. The van der Waals surface area contributed by atoms with Crippen molar-refractivity contribution in [3.63, 3.8) is 0 Å². The van der Waals surface area contributed by atoms with Crippen molar-refractivity contribution >= 4 is 45.7 Å². The average Bonchev–Trinajstić information content (AvgIpc) is 2.96. The van der Waals surface area contributed by atoms with Crippen molar-refractivity contribution in [1.29, 1.82) is 0 Å². The highest BCUT2D eigenvalue weighted by Gasteiger charge is 2.24. The molecule has 3 aromatic rings. The molecule has 0 saturated heterocycles. The normalized spacial score (nSPS) is 10.6. The molecule has 0 aliphatic heterocycles. The maximum atomic E-state index is 12.9. The first-order valence-corrected chi connectivity index (χ1v) is 13.8. The lowest BCUT2D eigenvalue weighted by atomic mass is 10.1. The summed E-state index contributed by atoms with van der Waals surface area (Å²) in [7, 11) is 6.48. The SMILES string of the molecule is CCCCC(=O)Nc1c(N(Cc2ccc(OC)cc2OC)Cc2ccc(OC)cc2OC)nc(C)c(I)c1N. The molecule has 0 atom stereocenters. The maximum absolute atomic E-state index is 12.9. The summed E-state index contributed by atoms with van der Waals surface area (Å²) in [4.78, 5) is 19.9. The third-order valence-electron chi connectivity index (χ3n) is 6.35. The number of nitrogens with one attached hydrogen (secondary N) is 1. The number of amides is 1. The lowest BCUT2D eigenvalue weighted by Crippen LogP contribution is -2.27. The Morgan fingerprint density at radius 3 is 1.95 bits per heavy atom. The van der Waals surface area contributed by atoms with Crippen LogP contribution in [0.3, 0.4) is 0 Å². The van der Waals surface area contributed by atoms with Gasteiger partial charge in [0.1, 0.15) is 28.7 Å². The number of nitrogens with two attached hydrogens (primary N) is 1. The number of nitrogen functional groups attached to an aromatic ring is 1.